The number of nitrogens with one attached hydrogen (secondary N) is 1. The predicted molar refractivity (Wildman–Crippen MR) is 92.0 cm³/mol. The summed E-state index contributed by atoms with van der Waals surface area (Å²) in [5.41, 5.74) is 1.28. The minimum Gasteiger partial charge on any atom is -0.480 e. The Hall–Kier alpha value is -2.12. The van der Waals surface area contributed by atoms with Crippen LogP contribution in [0.25, 0.3) is 0 Å². The van der Waals surface area contributed by atoms with Gasteiger partial charge in [0.05, 0.1) is 6.10 Å². The van der Waals surface area contributed by atoms with E-state index >= 15 is 0 Å². The summed E-state index contributed by atoms with van der Waals surface area (Å²) >= 11 is 0. The average Bonchev–Trinajstić information content (AvgIpc) is 3.00. The zero-order chi connectivity index (χ0) is 17.8. The van der Waals surface area contributed by atoms with Gasteiger partial charge in [0, 0.05) is 38.6 Å². The molecule has 2 amide bonds. The monoisotopic (exact) mass is 347 g/mol. The number of nitrogens with zero attached hydrogens (tertiary/aromatic N) is 2. The van der Waals surface area contributed by atoms with Crippen molar-refractivity contribution in [3.63, 3.8) is 0 Å². The molecule has 2 atom stereocenters. The number of benzene rings is 1. The Balaban J connectivity index is 1.47. The summed E-state index contributed by atoms with van der Waals surface area (Å²) in [5.74, 6) is -1.07. The molecule has 25 heavy (non-hydrogen) atoms. The second-order valence-electron chi connectivity index (χ2n) is 6.88. The maximum absolute atomic E-state index is 12.4. The number of carbonyl (C=O) groups excluding carboxylic acids is 1. The fourth-order valence-electron chi connectivity index (χ4n) is 3.61. The molecule has 3 N–H and O–H groups in total. The van der Waals surface area contributed by atoms with E-state index in [-0.39, 0.29) is 25.0 Å². The molecular weight excluding hydrogens is 322 g/mol. The molecule has 2 fully saturated rings. The zero-order valence-electron chi connectivity index (χ0n) is 14.2. The van der Waals surface area contributed by atoms with Crippen LogP contribution in [0, 0.1) is 0 Å². The molecule has 1 aromatic carbocycles. The number of carboxylic acids is 1. The van der Waals surface area contributed by atoms with Crippen LogP contribution in [0.3, 0.4) is 0 Å². The van der Waals surface area contributed by atoms with E-state index in [1.165, 1.54) is 10.5 Å². The number of carboxylic acid groups (broad SMARTS) is 1. The normalized spacial score (nSPS) is 25.1. The number of β-amino-alcohol motifs (C(OH)–C–C–N with tert-alkyl or cyclic N) is 1. The lowest BCUT2D eigenvalue weighted by Gasteiger charge is -2.33. The predicted octanol–water partition coefficient (Wildman–Crippen LogP) is 0.880. The van der Waals surface area contributed by atoms with E-state index in [1.807, 2.05) is 18.2 Å². The molecular formula is C18H25N3O4. The highest BCUT2D eigenvalue weighted by atomic mass is 16.4. The maximum Gasteiger partial charge on any atom is 0.326 e. The Morgan fingerprint density at radius 2 is 1.84 bits per heavy atom. The highest BCUT2D eigenvalue weighted by molar-refractivity contribution is 5.83. The molecule has 0 radical (unpaired) electrons. The number of hydrogen-bond acceptors (Lipinski definition) is 4. The quantitative estimate of drug-likeness (QED) is 0.752. The van der Waals surface area contributed by atoms with Crippen LogP contribution < -0.4 is 5.32 Å². The van der Waals surface area contributed by atoms with Crippen molar-refractivity contribution in [2.24, 2.45) is 0 Å². The van der Waals surface area contributed by atoms with Crippen molar-refractivity contribution in [3.05, 3.63) is 35.9 Å². The van der Waals surface area contributed by atoms with Crippen LogP contribution in [0.5, 0.6) is 0 Å². The molecule has 136 valence electrons. The molecule has 0 spiro atoms. The average molecular weight is 347 g/mol. The number of aliphatic hydroxyl groups is 1. The molecule has 0 saturated carbocycles. The van der Waals surface area contributed by atoms with Gasteiger partial charge in [0.25, 0.3) is 0 Å². The third-order valence-electron chi connectivity index (χ3n) is 4.99. The van der Waals surface area contributed by atoms with Gasteiger partial charge in [0.15, 0.2) is 0 Å². The number of amides is 2. The van der Waals surface area contributed by atoms with Crippen molar-refractivity contribution in [2.75, 3.05) is 19.6 Å². The summed E-state index contributed by atoms with van der Waals surface area (Å²) in [7, 11) is 0. The molecule has 0 aliphatic carbocycles. The maximum atomic E-state index is 12.4. The van der Waals surface area contributed by atoms with Crippen molar-refractivity contribution in [3.8, 4) is 0 Å². The van der Waals surface area contributed by atoms with Gasteiger partial charge in [-0.2, -0.15) is 0 Å². The Morgan fingerprint density at radius 1 is 1.16 bits per heavy atom. The van der Waals surface area contributed by atoms with Crippen molar-refractivity contribution >= 4 is 12.0 Å². The molecule has 2 aliphatic rings. The second-order valence-corrected chi connectivity index (χ2v) is 6.88. The van der Waals surface area contributed by atoms with Crippen molar-refractivity contribution in [1.29, 1.82) is 0 Å². The smallest absolute Gasteiger partial charge is 0.326 e. The van der Waals surface area contributed by atoms with Crippen LogP contribution in [0.1, 0.15) is 24.8 Å². The van der Waals surface area contributed by atoms with E-state index in [0.717, 1.165) is 32.5 Å². The van der Waals surface area contributed by atoms with Gasteiger partial charge in [-0.15, -0.1) is 0 Å². The molecule has 0 bridgehead atoms. The molecule has 7 heteroatoms. The molecule has 3 rings (SSSR count). The van der Waals surface area contributed by atoms with E-state index in [1.54, 1.807) is 0 Å². The van der Waals surface area contributed by atoms with E-state index in [0.29, 0.717) is 0 Å². The minimum atomic E-state index is -1.07. The summed E-state index contributed by atoms with van der Waals surface area (Å²) < 4.78 is 0. The van der Waals surface area contributed by atoms with Gasteiger partial charge >= 0.3 is 12.0 Å². The number of likely N-dealkylation sites (tertiary alicyclic amines) is 2. The molecule has 2 unspecified atom stereocenters. The molecule has 2 heterocycles. The standard InChI is InChI=1S/C18H25N3O4/c22-15-10-16(17(23)24)21(12-15)18(25)19-14-6-8-20(9-7-14)11-13-4-2-1-3-5-13/h1-5,14-16,22H,6-12H2,(H,19,25)(H,23,24). The number of piperidine rings is 1. The first-order valence-corrected chi connectivity index (χ1v) is 8.77. The molecule has 1 aromatic rings. The van der Waals surface area contributed by atoms with Gasteiger partial charge in [0.1, 0.15) is 6.04 Å². The fourth-order valence-corrected chi connectivity index (χ4v) is 3.61. The lowest BCUT2D eigenvalue weighted by Crippen LogP contribution is -2.51. The minimum absolute atomic E-state index is 0.0479. The third-order valence-corrected chi connectivity index (χ3v) is 4.99. The van der Waals surface area contributed by atoms with Crippen molar-refractivity contribution in [2.45, 2.75) is 44.0 Å². The summed E-state index contributed by atoms with van der Waals surface area (Å²) in [5, 5.41) is 21.8. The Labute approximate surface area is 147 Å². The van der Waals surface area contributed by atoms with Crippen LogP contribution >= 0.6 is 0 Å². The number of rotatable bonds is 4. The summed E-state index contributed by atoms with van der Waals surface area (Å²) in [6, 6.07) is 9.02. The van der Waals surface area contributed by atoms with Gasteiger partial charge in [-0.25, -0.2) is 9.59 Å². The van der Waals surface area contributed by atoms with Crippen LogP contribution in [0.2, 0.25) is 0 Å². The van der Waals surface area contributed by atoms with Crippen molar-refractivity contribution in [1.82, 2.24) is 15.1 Å². The number of aliphatic carboxylic acids is 1. The molecule has 2 saturated heterocycles. The molecule has 2 aliphatic heterocycles. The first-order valence-electron chi connectivity index (χ1n) is 8.77. The molecule has 0 aromatic heterocycles. The lowest BCUT2D eigenvalue weighted by molar-refractivity contribution is -0.141. The van der Waals surface area contributed by atoms with E-state index in [2.05, 4.69) is 22.3 Å². The van der Waals surface area contributed by atoms with E-state index in [9.17, 15) is 19.8 Å². The Kier molecular flexibility index (Phi) is 5.55. The van der Waals surface area contributed by atoms with Gasteiger partial charge < -0.3 is 20.4 Å². The largest absolute Gasteiger partial charge is 0.480 e. The summed E-state index contributed by atoms with van der Waals surface area (Å²) in [4.78, 5) is 27.2. The van der Waals surface area contributed by atoms with E-state index in [4.69, 9.17) is 0 Å². The van der Waals surface area contributed by atoms with Crippen molar-refractivity contribution < 1.29 is 19.8 Å². The topological polar surface area (TPSA) is 93.1 Å². The highest BCUT2D eigenvalue weighted by Crippen LogP contribution is 2.19. The van der Waals surface area contributed by atoms with Gasteiger partial charge in [-0.05, 0) is 18.4 Å². The van der Waals surface area contributed by atoms with Crippen LogP contribution in [-0.4, -0.2) is 69.8 Å². The lowest BCUT2D eigenvalue weighted by atomic mass is 10.0. The summed E-state index contributed by atoms with van der Waals surface area (Å²) in [6.07, 6.45) is 1.01. The molecule has 7 nitrogen and oxygen atoms in total. The first kappa shape index (κ1) is 17.7. The SMILES string of the molecule is O=C(O)C1CC(O)CN1C(=O)NC1CCN(Cc2ccccc2)CC1. The Bertz CT molecular complexity index is 602. The van der Waals surface area contributed by atoms with Crippen LogP contribution in [-0.2, 0) is 11.3 Å². The van der Waals surface area contributed by atoms with Gasteiger partial charge in [0.2, 0.25) is 0 Å². The zero-order valence-corrected chi connectivity index (χ0v) is 14.2. The number of carbonyl (C=O) groups is 2. The first-order chi connectivity index (χ1) is 12.0. The summed E-state index contributed by atoms with van der Waals surface area (Å²) in [6.45, 7) is 2.77. The number of aliphatic hydroxyl groups excluding tert-OH is 1. The van der Waals surface area contributed by atoms with Crippen LogP contribution in [0.4, 0.5) is 4.79 Å². The van der Waals surface area contributed by atoms with Gasteiger partial charge in [-0.3, -0.25) is 4.90 Å². The highest BCUT2D eigenvalue weighted by Gasteiger charge is 2.39. The Morgan fingerprint density at radius 3 is 2.48 bits per heavy atom. The fraction of sp³-hybridized carbons (Fsp3) is 0.556. The second kappa shape index (κ2) is 7.84. The number of hydrogen-bond donors (Lipinski definition) is 3. The van der Waals surface area contributed by atoms with Crippen LogP contribution in [0.15, 0.2) is 30.3 Å². The third kappa shape index (κ3) is 4.49. The van der Waals surface area contributed by atoms with E-state index < -0.39 is 18.1 Å². The number of urea groups is 1. The van der Waals surface area contributed by atoms with Gasteiger partial charge in [-0.1, -0.05) is 30.3 Å².